The Balaban J connectivity index is 1.53. The van der Waals surface area contributed by atoms with E-state index in [0.29, 0.717) is 23.5 Å². The molecular formula is C20H25N5O4. The highest BCUT2D eigenvalue weighted by molar-refractivity contribution is 5.82. The number of nitrogens with zero attached hydrogens (tertiary/aromatic N) is 4. The number of aromatic nitrogens is 4. The SMILES string of the molecule is CCCc1ccc(CNc2ncnc3c2ncn3[C@@H]2O[C@H](CO)[C@@H](O)[C@H]2O)cc1. The van der Waals surface area contributed by atoms with E-state index in [1.165, 1.54) is 18.2 Å². The molecule has 0 saturated carbocycles. The van der Waals surface area contributed by atoms with Crippen molar-refractivity contribution in [3.05, 3.63) is 48.0 Å². The van der Waals surface area contributed by atoms with Gasteiger partial charge in [0.25, 0.3) is 0 Å². The minimum absolute atomic E-state index is 0.389. The summed E-state index contributed by atoms with van der Waals surface area (Å²) in [6, 6.07) is 8.45. The number of aliphatic hydroxyl groups excluding tert-OH is 3. The summed E-state index contributed by atoms with van der Waals surface area (Å²) < 4.78 is 7.13. The molecule has 1 fully saturated rings. The molecule has 9 heteroatoms. The molecule has 29 heavy (non-hydrogen) atoms. The highest BCUT2D eigenvalue weighted by Gasteiger charge is 2.44. The van der Waals surface area contributed by atoms with Crippen molar-refractivity contribution >= 4 is 17.0 Å². The van der Waals surface area contributed by atoms with Crippen molar-refractivity contribution in [1.82, 2.24) is 19.5 Å². The standard InChI is InChI=1S/C20H25N5O4/c1-2-3-12-4-6-13(7-5-12)8-21-18-15-19(23-10-22-18)25(11-24-15)20-17(28)16(27)14(9-26)29-20/h4-7,10-11,14,16-17,20,26-28H,2-3,8-9H2,1H3,(H,21,22,23)/t14-,16-,17-,20-/m1/s1. The highest BCUT2D eigenvalue weighted by Crippen LogP contribution is 2.32. The van der Waals surface area contributed by atoms with Gasteiger partial charge in [-0.25, -0.2) is 15.0 Å². The van der Waals surface area contributed by atoms with E-state index in [1.807, 2.05) is 0 Å². The number of ether oxygens (including phenoxy) is 1. The summed E-state index contributed by atoms with van der Waals surface area (Å²) in [6.07, 6.45) is 0.963. The Morgan fingerprint density at radius 2 is 1.83 bits per heavy atom. The van der Waals surface area contributed by atoms with Gasteiger partial charge < -0.3 is 25.4 Å². The zero-order chi connectivity index (χ0) is 20.4. The van der Waals surface area contributed by atoms with Crippen LogP contribution in [0.3, 0.4) is 0 Å². The van der Waals surface area contributed by atoms with Gasteiger partial charge in [0, 0.05) is 6.54 Å². The van der Waals surface area contributed by atoms with Crippen LogP contribution in [-0.2, 0) is 17.7 Å². The van der Waals surface area contributed by atoms with Crippen LogP contribution in [0.4, 0.5) is 5.82 Å². The fourth-order valence-electron chi connectivity index (χ4n) is 3.58. The van der Waals surface area contributed by atoms with Crippen LogP contribution in [0.15, 0.2) is 36.9 Å². The van der Waals surface area contributed by atoms with Crippen molar-refractivity contribution in [2.24, 2.45) is 0 Å². The average Bonchev–Trinajstić information content (AvgIpc) is 3.29. The van der Waals surface area contributed by atoms with Crippen LogP contribution >= 0.6 is 0 Å². The third-order valence-corrected chi connectivity index (χ3v) is 5.17. The van der Waals surface area contributed by atoms with E-state index >= 15 is 0 Å². The number of anilines is 1. The molecule has 3 aromatic rings. The molecule has 1 aliphatic heterocycles. The zero-order valence-electron chi connectivity index (χ0n) is 16.1. The van der Waals surface area contributed by atoms with E-state index in [0.717, 1.165) is 18.4 Å². The summed E-state index contributed by atoms with van der Waals surface area (Å²) in [5.41, 5.74) is 3.45. The first kappa shape index (κ1) is 19.7. The Morgan fingerprint density at radius 1 is 1.07 bits per heavy atom. The molecule has 2 aromatic heterocycles. The van der Waals surface area contributed by atoms with Crippen LogP contribution in [0.25, 0.3) is 11.2 Å². The molecule has 1 aliphatic rings. The lowest BCUT2D eigenvalue weighted by Gasteiger charge is -2.16. The van der Waals surface area contributed by atoms with Crippen LogP contribution in [-0.4, -0.2) is 59.8 Å². The van der Waals surface area contributed by atoms with Crippen molar-refractivity contribution in [2.75, 3.05) is 11.9 Å². The van der Waals surface area contributed by atoms with Gasteiger partial charge in [-0.05, 0) is 17.5 Å². The summed E-state index contributed by atoms with van der Waals surface area (Å²) in [6.45, 7) is 2.36. The quantitative estimate of drug-likeness (QED) is 0.464. The Kier molecular flexibility index (Phi) is 5.72. The van der Waals surface area contributed by atoms with E-state index in [-0.39, 0.29) is 6.61 Å². The van der Waals surface area contributed by atoms with Crippen LogP contribution in [0.2, 0.25) is 0 Å². The normalized spacial score (nSPS) is 24.3. The minimum atomic E-state index is -1.20. The zero-order valence-corrected chi connectivity index (χ0v) is 16.1. The number of aryl methyl sites for hydroxylation is 1. The number of nitrogens with one attached hydrogen (secondary N) is 1. The predicted molar refractivity (Wildman–Crippen MR) is 106 cm³/mol. The van der Waals surface area contributed by atoms with Crippen molar-refractivity contribution in [3.8, 4) is 0 Å². The van der Waals surface area contributed by atoms with E-state index in [1.54, 1.807) is 4.57 Å². The summed E-state index contributed by atoms with van der Waals surface area (Å²) in [4.78, 5) is 12.9. The first-order valence-corrected chi connectivity index (χ1v) is 9.74. The van der Waals surface area contributed by atoms with Crippen molar-refractivity contribution in [3.63, 3.8) is 0 Å². The maximum absolute atomic E-state index is 10.3. The number of benzene rings is 1. The molecule has 3 heterocycles. The third-order valence-electron chi connectivity index (χ3n) is 5.17. The molecule has 0 unspecified atom stereocenters. The molecule has 1 saturated heterocycles. The second kappa shape index (κ2) is 8.42. The monoisotopic (exact) mass is 399 g/mol. The first-order chi connectivity index (χ1) is 14.1. The molecule has 0 aliphatic carbocycles. The van der Waals surface area contributed by atoms with Gasteiger partial charge >= 0.3 is 0 Å². The second-order valence-electron chi connectivity index (χ2n) is 7.20. The van der Waals surface area contributed by atoms with Crippen LogP contribution in [0.5, 0.6) is 0 Å². The topological polar surface area (TPSA) is 126 Å². The molecule has 9 nitrogen and oxygen atoms in total. The molecule has 4 N–H and O–H groups in total. The maximum Gasteiger partial charge on any atom is 0.167 e. The van der Waals surface area contributed by atoms with Crippen molar-refractivity contribution in [1.29, 1.82) is 0 Å². The van der Waals surface area contributed by atoms with Crippen LogP contribution in [0, 0.1) is 0 Å². The fourth-order valence-corrected chi connectivity index (χ4v) is 3.58. The molecule has 0 amide bonds. The fraction of sp³-hybridized carbons (Fsp3) is 0.450. The Labute approximate surface area is 168 Å². The van der Waals surface area contributed by atoms with Gasteiger partial charge in [0.15, 0.2) is 23.2 Å². The Hall–Kier alpha value is -2.59. The van der Waals surface area contributed by atoms with E-state index < -0.39 is 24.5 Å². The lowest BCUT2D eigenvalue weighted by Crippen LogP contribution is -2.33. The largest absolute Gasteiger partial charge is 0.394 e. The Bertz CT molecular complexity index is 961. The van der Waals surface area contributed by atoms with Crippen molar-refractivity contribution < 1.29 is 20.1 Å². The minimum Gasteiger partial charge on any atom is -0.394 e. The molecule has 4 rings (SSSR count). The third kappa shape index (κ3) is 3.82. The smallest absolute Gasteiger partial charge is 0.167 e. The second-order valence-corrected chi connectivity index (χ2v) is 7.20. The van der Waals surface area contributed by atoms with Gasteiger partial charge in [-0.3, -0.25) is 4.57 Å². The summed E-state index contributed by atoms with van der Waals surface area (Å²) in [5.74, 6) is 0.568. The molecule has 0 bridgehead atoms. The van der Waals surface area contributed by atoms with Gasteiger partial charge in [0.2, 0.25) is 0 Å². The van der Waals surface area contributed by atoms with Gasteiger partial charge in [-0.2, -0.15) is 0 Å². The highest BCUT2D eigenvalue weighted by atomic mass is 16.6. The van der Waals surface area contributed by atoms with Gasteiger partial charge in [0.05, 0.1) is 12.9 Å². The molecule has 4 atom stereocenters. The molecule has 0 radical (unpaired) electrons. The number of fused-ring (bicyclic) bond motifs is 1. The first-order valence-electron chi connectivity index (χ1n) is 9.74. The van der Waals surface area contributed by atoms with Gasteiger partial charge in [-0.15, -0.1) is 0 Å². The van der Waals surface area contributed by atoms with Gasteiger partial charge in [0.1, 0.15) is 24.6 Å². The maximum atomic E-state index is 10.3. The number of hydrogen-bond donors (Lipinski definition) is 4. The van der Waals surface area contributed by atoms with Crippen LogP contribution < -0.4 is 5.32 Å². The molecular weight excluding hydrogens is 374 g/mol. The molecule has 1 aromatic carbocycles. The molecule has 0 spiro atoms. The van der Waals surface area contributed by atoms with Gasteiger partial charge in [-0.1, -0.05) is 37.6 Å². The summed E-state index contributed by atoms with van der Waals surface area (Å²) in [7, 11) is 0. The lowest BCUT2D eigenvalue weighted by atomic mass is 10.1. The van der Waals surface area contributed by atoms with Crippen molar-refractivity contribution in [2.45, 2.75) is 50.8 Å². The molecule has 154 valence electrons. The average molecular weight is 399 g/mol. The van der Waals surface area contributed by atoms with Crippen LogP contribution in [0.1, 0.15) is 30.7 Å². The lowest BCUT2D eigenvalue weighted by molar-refractivity contribution is -0.0511. The van der Waals surface area contributed by atoms with E-state index in [4.69, 9.17) is 4.74 Å². The number of hydrogen-bond acceptors (Lipinski definition) is 8. The van der Waals surface area contributed by atoms with E-state index in [9.17, 15) is 15.3 Å². The summed E-state index contributed by atoms with van der Waals surface area (Å²) >= 11 is 0. The number of rotatable bonds is 7. The number of imidazole rings is 1. The van der Waals surface area contributed by atoms with E-state index in [2.05, 4.69) is 51.5 Å². The predicted octanol–water partition coefficient (Wildman–Crippen LogP) is 1.00. The Morgan fingerprint density at radius 3 is 2.52 bits per heavy atom. The summed E-state index contributed by atoms with van der Waals surface area (Å²) in [5, 5.41) is 32.9. The number of aliphatic hydroxyl groups is 3.